The van der Waals surface area contributed by atoms with Crippen molar-refractivity contribution < 1.29 is 18.3 Å². The minimum absolute atomic E-state index is 0.0234. The molecule has 0 radical (unpaired) electrons. The van der Waals surface area contributed by atoms with Crippen molar-refractivity contribution in [3.63, 3.8) is 0 Å². The number of rotatable bonds is 5. The molecule has 4 nitrogen and oxygen atoms in total. The van der Waals surface area contributed by atoms with Gasteiger partial charge in [0.15, 0.2) is 0 Å². The molecule has 9 heteroatoms. The van der Waals surface area contributed by atoms with Crippen LogP contribution in [0.25, 0.3) is 0 Å². The predicted octanol–water partition coefficient (Wildman–Crippen LogP) is 1.55. The minimum atomic E-state index is -4.30. The Labute approximate surface area is 98.7 Å². The lowest BCUT2D eigenvalue weighted by Crippen LogP contribution is -2.35. The van der Waals surface area contributed by atoms with Crippen LogP contribution in [0.15, 0.2) is 0 Å². The molecule has 0 saturated heterocycles. The van der Waals surface area contributed by atoms with Crippen molar-refractivity contribution in [1.29, 1.82) is 0 Å². The number of hydrogen-bond donors (Lipinski definition) is 1. The first-order valence-electron chi connectivity index (χ1n) is 4.28. The second-order valence-corrected chi connectivity index (χ2v) is 4.64. The number of alkyl halides is 3. The highest BCUT2D eigenvalue weighted by Gasteiger charge is 2.30. The Morgan fingerprint density at radius 3 is 2.50 bits per heavy atom. The van der Waals surface area contributed by atoms with E-state index in [1.807, 2.05) is 0 Å². The van der Waals surface area contributed by atoms with Gasteiger partial charge in [-0.1, -0.05) is 11.3 Å². The largest absolute Gasteiger partial charge is 0.401 e. The molecule has 0 spiro atoms. The van der Waals surface area contributed by atoms with Gasteiger partial charge in [-0.15, -0.1) is 10.2 Å². The van der Waals surface area contributed by atoms with Crippen molar-refractivity contribution in [3.05, 3.63) is 9.47 Å². The first-order chi connectivity index (χ1) is 7.40. The molecule has 0 aliphatic carbocycles. The van der Waals surface area contributed by atoms with E-state index in [9.17, 15) is 13.2 Å². The lowest BCUT2D eigenvalue weighted by molar-refractivity contribution is -0.148. The van der Waals surface area contributed by atoms with E-state index in [2.05, 4.69) is 10.2 Å². The van der Waals surface area contributed by atoms with Crippen LogP contribution in [0.1, 0.15) is 5.01 Å². The average Bonchev–Trinajstić information content (AvgIpc) is 2.48. The van der Waals surface area contributed by atoms with Gasteiger partial charge in [0.1, 0.15) is 5.01 Å². The van der Waals surface area contributed by atoms with Crippen molar-refractivity contribution in [2.24, 2.45) is 0 Å². The maximum Gasteiger partial charge on any atom is 0.401 e. The van der Waals surface area contributed by atoms with Crippen molar-refractivity contribution in [2.45, 2.75) is 12.7 Å². The quantitative estimate of drug-likeness (QED) is 0.886. The first-order valence-corrected chi connectivity index (χ1v) is 5.48. The summed E-state index contributed by atoms with van der Waals surface area (Å²) in [5, 5.41) is 16.1. The van der Waals surface area contributed by atoms with Crippen molar-refractivity contribution in [1.82, 2.24) is 15.1 Å². The summed E-state index contributed by atoms with van der Waals surface area (Å²) in [5.74, 6) is 0. The standard InChI is InChI=1S/C7H9ClF3N3OS/c8-6-13-12-5(16-6)3-14(1-2-15)4-7(9,10)11/h15H,1-4H2. The number of halogens is 4. The van der Waals surface area contributed by atoms with E-state index in [0.717, 1.165) is 16.2 Å². The third-order valence-electron chi connectivity index (χ3n) is 1.62. The highest BCUT2D eigenvalue weighted by molar-refractivity contribution is 7.15. The molecule has 0 bridgehead atoms. The second kappa shape index (κ2) is 5.76. The molecule has 0 amide bonds. The van der Waals surface area contributed by atoms with E-state index in [4.69, 9.17) is 16.7 Å². The van der Waals surface area contributed by atoms with Crippen LogP contribution in [0.3, 0.4) is 0 Å². The molecule has 1 aromatic rings. The summed E-state index contributed by atoms with van der Waals surface area (Å²) in [6, 6.07) is 0. The van der Waals surface area contributed by atoms with Gasteiger partial charge in [0, 0.05) is 6.54 Å². The average molecular weight is 276 g/mol. The molecule has 1 heterocycles. The zero-order valence-electron chi connectivity index (χ0n) is 8.04. The minimum Gasteiger partial charge on any atom is -0.395 e. The molecule has 0 aliphatic heterocycles. The van der Waals surface area contributed by atoms with Gasteiger partial charge in [-0.2, -0.15) is 13.2 Å². The van der Waals surface area contributed by atoms with Crippen LogP contribution in [-0.2, 0) is 6.54 Å². The summed E-state index contributed by atoms with van der Waals surface area (Å²) in [6.45, 7) is -1.53. The van der Waals surface area contributed by atoms with Crippen LogP contribution in [0.4, 0.5) is 13.2 Å². The second-order valence-electron chi connectivity index (χ2n) is 3.00. The molecule has 92 valence electrons. The molecule has 16 heavy (non-hydrogen) atoms. The van der Waals surface area contributed by atoms with Gasteiger partial charge in [0.05, 0.1) is 19.7 Å². The van der Waals surface area contributed by atoms with Crippen LogP contribution in [-0.4, -0.2) is 46.1 Å². The van der Waals surface area contributed by atoms with Gasteiger partial charge in [-0.05, 0) is 11.6 Å². The van der Waals surface area contributed by atoms with Crippen LogP contribution in [0, 0.1) is 0 Å². The van der Waals surface area contributed by atoms with Gasteiger partial charge in [-0.3, -0.25) is 4.90 Å². The Morgan fingerprint density at radius 2 is 2.06 bits per heavy atom. The van der Waals surface area contributed by atoms with E-state index < -0.39 is 12.7 Å². The van der Waals surface area contributed by atoms with Crippen molar-refractivity contribution >= 4 is 22.9 Å². The monoisotopic (exact) mass is 275 g/mol. The summed E-state index contributed by atoms with van der Waals surface area (Å²) < 4.78 is 36.7. The molecule has 1 N–H and O–H groups in total. The molecule has 0 unspecified atom stereocenters. The van der Waals surface area contributed by atoms with Crippen LogP contribution < -0.4 is 0 Å². The van der Waals surface area contributed by atoms with Gasteiger partial charge < -0.3 is 5.11 Å². The fraction of sp³-hybridized carbons (Fsp3) is 0.714. The van der Waals surface area contributed by atoms with E-state index in [0.29, 0.717) is 5.01 Å². The van der Waals surface area contributed by atoms with Gasteiger partial charge in [0.25, 0.3) is 0 Å². The molecular formula is C7H9ClF3N3OS. The Balaban J connectivity index is 2.57. The molecule has 1 aromatic heterocycles. The first kappa shape index (κ1) is 13.6. The highest BCUT2D eigenvalue weighted by Crippen LogP contribution is 2.20. The zero-order chi connectivity index (χ0) is 12.2. The normalized spacial score (nSPS) is 12.4. The van der Waals surface area contributed by atoms with E-state index in [-0.39, 0.29) is 24.2 Å². The van der Waals surface area contributed by atoms with Crippen LogP contribution in [0.2, 0.25) is 4.47 Å². The summed E-state index contributed by atoms with van der Waals surface area (Å²) in [7, 11) is 0. The Morgan fingerprint density at radius 1 is 1.38 bits per heavy atom. The molecular weight excluding hydrogens is 267 g/mol. The van der Waals surface area contributed by atoms with E-state index in [1.165, 1.54) is 0 Å². The maximum atomic E-state index is 12.2. The van der Waals surface area contributed by atoms with Crippen molar-refractivity contribution in [2.75, 3.05) is 19.7 Å². The van der Waals surface area contributed by atoms with E-state index >= 15 is 0 Å². The highest BCUT2D eigenvalue weighted by atomic mass is 35.5. The third-order valence-corrected chi connectivity index (χ3v) is 2.62. The Kier molecular flexibility index (Phi) is 4.90. The molecule has 0 aliphatic rings. The number of aliphatic hydroxyl groups is 1. The van der Waals surface area contributed by atoms with Crippen molar-refractivity contribution in [3.8, 4) is 0 Å². The zero-order valence-corrected chi connectivity index (χ0v) is 9.61. The number of aromatic nitrogens is 2. The van der Waals surface area contributed by atoms with E-state index in [1.54, 1.807) is 0 Å². The Bertz CT molecular complexity index is 333. The summed E-state index contributed by atoms with van der Waals surface area (Å²) >= 11 is 6.53. The summed E-state index contributed by atoms with van der Waals surface area (Å²) in [4.78, 5) is 1.04. The number of aliphatic hydroxyl groups excluding tert-OH is 1. The lowest BCUT2D eigenvalue weighted by atomic mass is 10.4. The van der Waals surface area contributed by atoms with Crippen LogP contribution >= 0.6 is 22.9 Å². The molecule has 0 saturated carbocycles. The predicted molar refractivity (Wildman–Crippen MR) is 53.3 cm³/mol. The molecule has 0 fully saturated rings. The number of nitrogens with zero attached hydrogens (tertiary/aromatic N) is 3. The molecule has 0 atom stereocenters. The summed E-state index contributed by atoms with van der Waals surface area (Å²) in [6.07, 6.45) is -4.30. The third kappa shape index (κ3) is 5.06. The number of hydrogen-bond acceptors (Lipinski definition) is 5. The summed E-state index contributed by atoms with van der Waals surface area (Å²) in [5.41, 5.74) is 0. The maximum absolute atomic E-state index is 12.2. The fourth-order valence-electron chi connectivity index (χ4n) is 1.10. The fourth-order valence-corrected chi connectivity index (χ4v) is 2.01. The van der Waals surface area contributed by atoms with Gasteiger partial charge in [-0.25, -0.2) is 0 Å². The molecule has 1 rings (SSSR count). The topological polar surface area (TPSA) is 49.2 Å². The lowest BCUT2D eigenvalue weighted by Gasteiger charge is -2.21. The Hall–Kier alpha value is -0.440. The van der Waals surface area contributed by atoms with Crippen LogP contribution in [0.5, 0.6) is 0 Å². The van der Waals surface area contributed by atoms with Gasteiger partial charge >= 0.3 is 6.18 Å². The SMILES string of the molecule is OCCN(Cc1nnc(Cl)s1)CC(F)(F)F. The van der Waals surface area contributed by atoms with Gasteiger partial charge in [0.2, 0.25) is 4.47 Å². The molecule has 0 aromatic carbocycles. The smallest absolute Gasteiger partial charge is 0.395 e.